The van der Waals surface area contributed by atoms with Gasteiger partial charge in [-0.3, -0.25) is 9.69 Å². The number of nitrogens with one attached hydrogen (secondary N) is 1. The molecule has 0 amide bonds. The van der Waals surface area contributed by atoms with Crippen molar-refractivity contribution < 1.29 is 9.47 Å². The second-order valence-corrected chi connectivity index (χ2v) is 7.09. The van der Waals surface area contributed by atoms with Gasteiger partial charge in [0.15, 0.2) is 11.5 Å². The monoisotopic (exact) mass is 389 g/mol. The van der Waals surface area contributed by atoms with E-state index in [1.165, 1.54) is 16.3 Å². The summed E-state index contributed by atoms with van der Waals surface area (Å²) in [5.41, 5.74) is 1.60. The molecule has 0 unspecified atom stereocenters. The molecular formula is C23H23N3O3. The Bertz CT molecular complexity index is 1230. The van der Waals surface area contributed by atoms with Crippen LogP contribution in [0.4, 0.5) is 0 Å². The Kier molecular flexibility index (Phi) is 5.18. The number of H-pyrrole nitrogens is 1. The standard InChI is InChI=1S/C23H23N3O3/c1-26(13-15-8-9-16-6-4-5-7-17(16)10-15)14-22-24-19-12-21(29-3)20(28-2)11-18(19)23(27)25-22/h4-12H,13-14H2,1-3H3,(H,24,25,27). The Morgan fingerprint density at radius 3 is 2.41 bits per heavy atom. The lowest BCUT2D eigenvalue weighted by atomic mass is 10.1. The van der Waals surface area contributed by atoms with Gasteiger partial charge in [-0.05, 0) is 35.5 Å². The molecule has 0 radical (unpaired) electrons. The average molecular weight is 389 g/mol. The number of ether oxygens (including phenoxy) is 2. The van der Waals surface area contributed by atoms with E-state index in [2.05, 4.69) is 45.2 Å². The number of methoxy groups -OCH3 is 2. The van der Waals surface area contributed by atoms with E-state index in [0.717, 1.165) is 6.54 Å². The number of rotatable bonds is 6. The van der Waals surface area contributed by atoms with Gasteiger partial charge in [0, 0.05) is 12.6 Å². The Morgan fingerprint density at radius 2 is 1.66 bits per heavy atom. The normalized spacial score (nSPS) is 11.3. The summed E-state index contributed by atoms with van der Waals surface area (Å²) in [5, 5.41) is 2.92. The molecule has 6 heteroatoms. The summed E-state index contributed by atoms with van der Waals surface area (Å²) in [6.45, 7) is 1.27. The first-order chi connectivity index (χ1) is 14.1. The van der Waals surface area contributed by atoms with Crippen LogP contribution in [0.3, 0.4) is 0 Å². The van der Waals surface area contributed by atoms with Gasteiger partial charge in [-0.1, -0.05) is 36.4 Å². The summed E-state index contributed by atoms with van der Waals surface area (Å²) in [4.78, 5) is 22.2. The molecule has 0 aliphatic rings. The number of hydrogen-bond donors (Lipinski definition) is 1. The summed E-state index contributed by atoms with van der Waals surface area (Å²) in [6.07, 6.45) is 0. The third kappa shape index (κ3) is 3.93. The maximum Gasteiger partial charge on any atom is 0.258 e. The first-order valence-corrected chi connectivity index (χ1v) is 9.38. The van der Waals surface area contributed by atoms with Crippen LogP contribution in [-0.4, -0.2) is 36.1 Å². The lowest BCUT2D eigenvalue weighted by molar-refractivity contribution is 0.311. The molecule has 0 atom stereocenters. The first kappa shape index (κ1) is 19.0. The maximum atomic E-state index is 12.5. The van der Waals surface area contributed by atoms with Gasteiger partial charge in [0.1, 0.15) is 5.82 Å². The van der Waals surface area contributed by atoms with Crippen LogP contribution in [0.15, 0.2) is 59.4 Å². The van der Waals surface area contributed by atoms with Crippen molar-refractivity contribution in [3.63, 3.8) is 0 Å². The second-order valence-electron chi connectivity index (χ2n) is 7.09. The predicted molar refractivity (Wildman–Crippen MR) is 115 cm³/mol. The van der Waals surface area contributed by atoms with Gasteiger partial charge >= 0.3 is 0 Å². The third-order valence-electron chi connectivity index (χ3n) is 4.95. The zero-order valence-electron chi connectivity index (χ0n) is 16.7. The number of aromatic nitrogens is 2. The van der Waals surface area contributed by atoms with E-state index in [0.29, 0.717) is 34.8 Å². The first-order valence-electron chi connectivity index (χ1n) is 9.38. The second kappa shape index (κ2) is 7.93. The van der Waals surface area contributed by atoms with Crippen molar-refractivity contribution in [3.05, 3.63) is 76.3 Å². The average Bonchev–Trinajstić information content (AvgIpc) is 2.72. The molecule has 1 N–H and O–H groups in total. The Balaban J connectivity index is 1.58. The highest BCUT2D eigenvalue weighted by molar-refractivity contribution is 5.83. The largest absolute Gasteiger partial charge is 0.493 e. The quantitative estimate of drug-likeness (QED) is 0.544. The molecule has 1 aromatic heterocycles. The van der Waals surface area contributed by atoms with E-state index >= 15 is 0 Å². The van der Waals surface area contributed by atoms with Crippen LogP contribution in [-0.2, 0) is 13.1 Å². The molecule has 148 valence electrons. The molecule has 0 saturated carbocycles. The highest BCUT2D eigenvalue weighted by Gasteiger charge is 2.12. The fourth-order valence-electron chi connectivity index (χ4n) is 3.55. The molecule has 4 aromatic rings. The molecule has 0 fully saturated rings. The van der Waals surface area contributed by atoms with Gasteiger partial charge in [0.05, 0.1) is 31.7 Å². The Hall–Kier alpha value is -3.38. The molecule has 0 bridgehead atoms. The summed E-state index contributed by atoms with van der Waals surface area (Å²) in [7, 11) is 5.12. The highest BCUT2D eigenvalue weighted by Crippen LogP contribution is 2.30. The zero-order chi connectivity index (χ0) is 20.4. The Morgan fingerprint density at radius 1 is 0.931 bits per heavy atom. The minimum Gasteiger partial charge on any atom is -0.493 e. The highest BCUT2D eigenvalue weighted by atomic mass is 16.5. The van der Waals surface area contributed by atoms with Gasteiger partial charge in [0.25, 0.3) is 5.56 Å². The number of aromatic amines is 1. The summed E-state index contributed by atoms with van der Waals surface area (Å²) < 4.78 is 10.6. The van der Waals surface area contributed by atoms with Crippen LogP contribution >= 0.6 is 0 Å². The molecule has 1 heterocycles. The van der Waals surface area contributed by atoms with E-state index in [1.54, 1.807) is 26.4 Å². The summed E-state index contributed by atoms with van der Waals surface area (Å²) >= 11 is 0. The molecular weight excluding hydrogens is 366 g/mol. The van der Waals surface area contributed by atoms with Crippen molar-refractivity contribution in [2.45, 2.75) is 13.1 Å². The fraction of sp³-hybridized carbons (Fsp3) is 0.217. The zero-order valence-corrected chi connectivity index (χ0v) is 16.7. The van der Waals surface area contributed by atoms with E-state index in [-0.39, 0.29) is 5.56 Å². The van der Waals surface area contributed by atoms with E-state index < -0.39 is 0 Å². The van der Waals surface area contributed by atoms with Gasteiger partial charge in [0.2, 0.25) is 0 Å². The molecule has 0 aliphatic heterocycles. The molecule has 0 spiro atoms. The number of nitrogens with zero attached hydrogens (tertiary/aromatic N) is 2. The van der Waals surface area contributed by atoms with Gasteiger partial charge in [-0.2, -0.15) is 0 Å². The lowest BCUT2D eigenvalue weighted by Crippen LogP contribution is -2.22. The van der Waals surface area contributed by atoms with Gasteiger partial charge < -0.3 is 14.5 Å². The molecule has 6 nitrogen and oxygen atoms in total. The minimum atomic E-state index is -0.190. The van der Waals surface area contributed by atoms with E-state index in [1.807, 2.05) is 19.2 Å². The van der Waals surface area contributed by atoms with Crippen LogP contribution in [0.25, 0.3) is 21.7 Å². The third-order valence-corrected chi connectivity index (χ3v) is 4.95. The SMILES string of the molecule is COc1cc2nc(CN(C)Cc3ccc4ccccc4c3)[nH]c(=O)c2cc1OC. The predicted octanol–water partition coefficient (Wildman–Crippen LogP) is 3.73. The van der Waals surface area contributed by atoms with Crippen LogP contribution in [0.2, 0.25) is 0 Å². The fourth-order valence-corrected chi connectivity index (χ4v) is 3.55. The molecule has 29 heavy (non-hydrogen) atoms. The van der Waals surface area contributed by atoms with Crippen molar-refractivity contribution in [3.8, 4) is 11.5 Å². The van der Waals surface area contributed by atoms with E-state index in [9.17, 15) is 4.79 Å². The topological polar surface area (TPSA) is 67.5 Å². The molecule has 0 aliphatic carbocycles. The molecule has 3 aromatic carbocycles. The van der Waals surface area contributed by atoms with Crippen LogP contribution < -0.4 is 15.0 Å². The molecule has 0 saturated heterocycles. The minimum absolute atomic E-state index is 0.190. The molecule has 4 rings (SSSR count). The summed E-state index contributed by atoms with van der Waals surface area (Å²) in [6, 6.07) is 18.2. The van der Waals surface area contributed by atoms with Gasteiger partial charge in [-0.15, -0.1) is 0 Å². The smallest absolute Gasteiger partial charge is 0.258 e. The summed E-state index contributed by atoms with van der Waals surface area (Å²) in [5.74, 6) is 1.67. The lowest BCUT2D eigenvalue weighted by Gasteiger charge is -2.17. The van der Waals surface area contributed by atoms with Crippen molar-refractivity contribution in [1.29, 1.82) is 0 Å². The number of fused-ring (bicyclic) bond motifs is 2. The van der Waals surface area contributed by atoms with Crippen molar-refractivity contribution >= 4 is 21.7 Å². The van der Waals surface area contributed by atoms with Crippen molar-refractivity contribution in [2.24, 2.45) is 0 Å². The van der Waals surface area contributed by atoms with E-state index in [4.69, 9.17) is 9.47 Å². The van der Waals surface area contributed by atoms with Crippen LogP contribution in [0.5, 0.6) is 11.5 Å². The van der Waals surface area contributed by atoms with Crippen LogP contribution in [0, 0.1) is 0 Å². The van der Waals surface area contributed by atoms with Gasteiger partial charge in [-0.25, -0.2) is 4.98 Å². The number of benzene rings is 3. The van der Waals surface area contributed by atoms with Crippen LogP contribution in [0.1, 0.15) is 11.4 Å². The Labute approximate surface area is 168 Å². The number of hydrogen-bond acceptors (Lipinski definition) is 5. The van der Waals surface area contributed by atoms with Crippen molar-refractivity contribution in [2.75, 3.05) is 21.3 Å². The van der Waals surface area contributed by atoms with Crippen molar-refractivity contribution in [1.82, 2.24) is 14.9 Å². The maximum absolute atomic E-state index is 12.5.